The van der Waals surface area contributed by atoms with Gasteiger partial charge in [-0.25, -0.2) is 9.97 Å². The summed E-state index contributed by atoms with van der Waals surface area (Å²) in [6.45, 7) is 0. The average molecular weight is 461 g/mol. The molecule has 0 fully saturated rings. The number of hydrogen-bond acceptors (Lipinski definition) is 2. The molecule has 0 aliphatic heterocycles. The number of benzene rings is 4. The summed E-state index contributed by atoms with van der Waals surface area (Å²) in [5.74, 6) is 0. The number of pyridine rings is 2. The quantitative estimate of drug-likeness (QED) is 0.244. The Bertz CT molecular complexity index is 1570. The molecule has 0 saturated carbocycles. The molecule has 0 atom stereocenters. The summed E-state index contributed by atoms with van der Waals surface area (Å²) in [6, 6.07) is 35.6. The number of halogens is 1. The highest BCUT2D eigenvalue weighted by atomic mass is 79.9. The van der Waals surface area contributed by atoms with Crippen LogP contribution in [0.25, 0.3) is 55.1 Å². The minimum absolute atomic E-state index is 0.976. The number of nitrogens with zero attached hydrogens (tertiary/aromatic N) is 2. The Labute approximate surface area is 188 Å². The van der Waals surface area contributed by atoms with E-state index in [9.17, 15) is 0 Å². The van der Waals surface area contributed by atoms with Gasteiger partial charge in [-0.15, -0.1) is 0 Å². The molecule has 146 valence electrons. The van der Waals surface area contributed by atoms with Crippen LogP contribution in [0.3, 0.4) is 0 Å². The van der Waals surface area contributed by atoms with Crippen molar-refractivity contribution in [2.24, 2.45) is 0 Å². The molecule has 0 N–H and O–H groups in total. The molecule has 6 rings (SSSR count). The van der Waals surface area contributed by atoms with E-state index in [2.05, 4.69) is 94.8 Å². The molecule has 6 aromatic rings. The van der Waals surface area contributed by atoms with E-state index >= 15 is 0 Å². The fraction of sp³-hybridized carbons (Fsp3) is 0. The van der Waals surface area contributed by atoms with Crippen LogP contribution in [0.4, 0.5) is 0 Å². The van der Waals surface area contributed by atoms with Crippen molar-refractivity contribution in [3.8, 4) is 22.5 Å². The Balaban J connectivity index is 1.71. The summed E-state index contributed by atoms with van der Waals surface area (Å²) in [6.07, 6.45) is 0. The lowest BCUT2D eigenvalue weighted by Gasteiger charge is -2.13. The molecule has 0 unspecified atom stereocenters. The van der Waals surface area contributed by atoms with Gasteiger partial charge in [0.2, 0.25) is 0 Å². The van der Waals surface area contributed by atoms with E-state index in [1.807, 2.05) is 24.3 Å². The smallest absolute Gasteiger partial charge is 0.0794 e. The molecule has 2 aromatic heterocycles. The van der Waals surface area contributed by atoms with Crippen LogP contribution >= 0.6 is 15.9 Å². The van der Waals surface area contributed by atoms with Gasteiger partial charge < -0.3 is 0 Å². The third-order valence-corrected chi connectivity index (χ3v) is 6.25. The van der Waals surface area contributed by atoms with E-state index in [0.29, 0.717) is 0 Å². The molecule has 0 radical (unpaired) electrons. The van der Waals surface area contributed by atoms with Gasteiger partial charge >= 0.3 is 0 Å². The van der Waals surface area contributed by atoms with E-state index < -0.39 is 0 Å². The first-order valence-corrected chi connectivity index (χ1v) is 11.0. The Kier molecular flexibility index (Phi) is 4.29. The normalized spacial score (nSPS) is 11.4. The molecule has 0 saturated heterocycles. The van der Waals surface area contributed by atoms with Gasteiger partial charge in [0.1, 0.15) is 0 Å². The van der Waals surface area contributed by atoms with Crippen LogP contribution in [0, 0.1) is 0 Å². The van der Waals surface area contributed by atoms with Crippen LogP contribution < -0.4 is 0 Å². The molecular weight excluding hydrogens is 444 g/mol. The zero-order chi connectivity index (χ0) is 20.8. The summed E-state index contributed by atoms with van der Waals surface area (Å²) in [7, 11) is 0. The van der Waals surface area contributed by atoms with Crippen molar-refractivity contribution in [3.63, 3.8) is 0 Å². The van der Waals surface area contributed by atoms with E-state index in [1.54, 1.807) is 0 Å². The summed E-state index contributed by atoms with van der Waals surface area (Å²) < 4.78 is 1.06. The molecule has 0 aliphatic rings. The summed E-state index contributed by atoms with van der Waals surface area (Å²) in [5, 5.41) is 4.62. The lowest BCUT2D eigenvalue weighted by molar-refractivity contribution is 1.40. The molecule has 0 spiro atoms. The third kappa shape index (κ3) is 3.09. The van der Waals surface area contributed by atoms with Crippen LogP contribution in [0.1, 0.15) is 0 Å². The molecule has 2 nitrogen and oxygen atoms in total. The van der Waals surface area contributed by atoms with E-state index in [0.717, 1.165) is 54.2 Å². The van der Waals surface area contributed by atoms with Crippen molar-refractivity contribution in [1.82, 2.24) is 9.97 Å². The van der Waals surface area contributed by atoms with Crippen LogP contribution in [0.2, 0.25) is 0 Å². The van der Waals surface area contributed by atoms with Gasteiger partial charge in [-0.2, -0.15) is 0 Å². The van der Waals surface area contributed by atoms with Crippen LogP contribution in [0.15, 0.2) is 108 Å². The fourth-order valence-corrected chi connectivity index (χ4v) is 4.51. The maximum Gasteiger partial charge on any atom is 0.0794 e. The Hall–Kier alpha value is -3.56. The molecule has 2 heterocycles. The lowest BCUT2D eigenvalue weighted by atomic mass is 9.96. The first-order chi connectivity index (χ1) is 15.3. The highest BCUT2D eigenvalue weighted by Crippen LogP contribution is 2.37. The van der Waals surface area contributed by atoms with Gasteiger partial charge in [0.15, 0.2) is 0 Å². The van der Waals surface area contributed by atoms with Gasteiger partial charge in [0.05, 0.1) is 22.4 Å². The van der Waals surface area contributed by atoms with Crippen molar-refractivity contribution in [2.45, 2.75) is 0 Å². The molecule has 0 aliphatic carbocycles. The first-order valence-electron chi connectivity index (χ1n) is 10.2. The number of para-hydroxylation sites is 1. The zero-order valence-corrected chi connectivity index (χ0v) is 18.2. The second-order valence-corrected chi connectivity index (χ2v) is 8.52. The van der Waals surface area contributed by atoms with Crippen LogP contribution in [-0.2, 0) is 0 Å². The SMILES string of the molecule is Brc1ccc(-c2nc3ccccc3c3ccc4nc(-c5ccccc5)ccc4c23)cc1. The van der Waals surface area contributed by atoms with Gasteiger partial charge in [0.25, 0.3) is 0 Å². The van der Waals surface area contributed by atoms with E-state index in [-0.39, 0.29) is 0 Å². The van der Waals surface area contributed by atoms with Crippen molar-refractivity contribution in [1.29, 1.82) is 0 Å². The van der Waals surface area contributed by atoms with Crippen molar-refractivity contribution in [3.05, 3.63) is 108 Å². The Morgan fingerprint density at radius 2 is 1.19 bits per heavy atom. The molecule has 31 heavy (non-hydrogen) atoms. The van der Waals surface area contributed by atoms with Gasteiger partial charge in [-0.1, -0.05) is 82.7 Å². The van der Waals surface area contributed by atoms with Gasteiger partial charge in [0, 0.05) is 31.8 Å². The Morgan fingerprint density at radius 1 is 0.484 bits per heavy atom. The number of hydrogen-bond donors (Lipinski definition) is 0. The van der Waals surface area contributed by atoms with E-state index in [1.165, 1.54) is 5.39 Å². The summed E-state index contributed by atoms with van der Waals surface area (Å²) in [5.41, 5.74) is 6.16. The average Bonchev–Trinajstić information content (AvgIpc) is 2.84. The Morgan fingerprint density at radius 3 is 2.03 bits per heavy atom. The number of rotatable bonds is 2. The van der Waals surface area contributed by atoms with Crippen LogP contribution in [-0.4, -0.2) is 9.97 Å². The first kappa shape index (κ1) is 18.2. The van der Waals surface area contributed by atoms with Crippen molar-refractivity contribution >= 4 is 48.5 Å². The maximum absolute atomic E-state index is 5.09. The molecule has 4 aromatic carbocycles. The molecule has 0 bridgehead atoms. The van der Waals surface area contributed by atoms with Crippen molar-refractivity contribution < 1.29 is 0 Å². The van der Waals surface area contributed by atoms with E-state index in [4.69, 9.17) is 9.97 Å². The molecular formula is C28H17BrN2. The minimum Gasteiger partial charge on any atom is -0.248 e. The van der Waals surface area contributed by atoms with Gasteiger partial charge in [-0.05, 0) is 41.8 Å². The predicted molar refractivity (Wildman–Crippen MR) is 133 cm³/mol. The van der Waals surface area contributed by atoms with Crippen molar-refractivity contribution in [2.75, 3.05) is 0 Å². The zero-order valence-electron chi connectivity index (χ0n) is 16.6. The highest BCUT2D eigenvalue weighted by Gasteiger charge is 2.14. The minimum atomic E-state index is 0.976. The monoisotopic (exact) mass is 460 g/mol. The fourth-order valence-electron chi connectivity index (χ4n) is 4.25. The third-order valence-electron chi connectivity index (χ3n) is 5.72. The van der Waals surface area contributed by atoms with Crippen LogP contribution in [0.5, 0.6) is 0 Å². The lowest BCUT2D eigenvalue weighted by Crippen LogP contribution is -1.92. The largest absolute Gasteiger partial charge is 0.248 e. The molecule has 3 heteroatoms. The second-order valence-electron chi connectivity index (χ2n) is 7.60. The summed E-state index contributed by atoms with van der Waals surface area (Å²) in [4.78, 5) is 10.1. The maximum atomic E-state index is 5.09. The second kappa shape index (κ2) is 7.29. The van der Waals surface area contributed by atoms with Gasteiger partial charge in [-0.3, -0.25) is 0 Å². The standard InChI is InChI=1S/C28H17BrN2/c29-20-12-10-19(11-13-20)28-27-22(21-8-4-5-9-25(21)31-28)14-17-26-23(27)15-16-24(30-26)18-6-2-1-3-7-18/h1-17H. The predicted octanol–water partition coefficient (Wildman–Crippen LogP) is 8.03. The number of fused-ring (bicyclic) bond motifs is 5. The highest BCUT2D eigenvalue weighted by molar-refractivity contribution is 9.10. The summed E-state index contributed by atoms with van der Waals surface area (Å²) >= 11 is 3.55. The number of aromatic nitrogens is 2. The molecule has 0 amide bonds. The topological polar surface area (TPSA) is 25.8 Å².